The van der Waals surface area contributed by atoms with Crippen molar-refractivity contribution in [2.45, 2.75) is 62.9 Å². The van der Waals surface area contributed by atoms with Crippen molar-refractivity contribution in [3.63, 3.8) is 0 Å². The van der Waals surface area contributed by atoms with Crippen LogP contribution in [0.4, 0.5) is 4.79 Å². The first-order valence-corrected chi connectivity index (χ1v) is 6.74. The summed E-state index contributed by atoms with van der Waals surface area (Å²) in [6.45, 7) is 1.53. The molecule has 4 heteroatoms. The molecule has 0 aromatic carbocycles. The first-order chi connectivity index (χ1) is 7.77. The van der Waals surface area contributed by atoms with E-state index >= 15 is 0 Å². The van der Waals surface area contributed by atoms with Crippen LogP contribution >= 0.6 is 0 Å². The molecule has 2 N–H and O–H groups in total. The molecule has 90 valence electrons. The van der Waals surface area contributed by atoms with Crippen molar-refractivity contribution < 1.29 is 9.90 Å². The van der Waals surface area contributed by atoms with Gasteiger partial charge in [0.25, 0.3) is 0 Å². The Morgan fingerprint density at radius 2 is 1.75 bits per heavy atom. The monoisotopic (exact) mass is 223 g/mol. The van der Waals surface area contributed by atoms with Crippen LogP contribution in [0, 0.1) is 0 Å². The predicted octanol–water partition coefficient (Wildman–Crippen LogP) is 3.25. The zero-order valence-corrected chi connectivity index (χ0v) is 9.95. The summed E-state index contributed by atoms with van der Waals surface area (Å²) < 4.78 is 0. The van der Waals surface area contributed by atoms with E-state index in [4.69, 9.17) is 5.11 Å². The summed E-state index contributed by atoms with van der Waals surface area (Å²) in [7, 11) is 0. The standard InChI is InChI=1S/C12H22BNO2/c15-12(16)14-9-3-8-13-10-4-1-5-11(13)7-2-6-10/h10-11,14H,1-9H2,(H,15,16). The molecule has 0 unspecified atom stereocenters. The molecule has 0 aromatic heterocycles. The van der Waals surface area contributed by atoms with Crippen molar-refractivity contribution in [3.05, 3.63) is 0 Å². The minimum Gasteiger partial charge on any atom is -0.465 e. The first kappa shape index (κ1) is 11.8. The molecule has 3 nitrogen and oxygen atoms in total. The highest BCUT2D eigenvalue weighted by Crippen LogP contribution is 2.47. The largest absolute Gasteiger partial charge is 0.465 e. The van der Waals surface area contributed by atoms with Crippen molar-refractivity contribution in [3.8, 4) is 0 Å². The number of carboxylic acid groups (broad SMARTS) is 1. The number of hydrogen-bond donors (Lipinski definition) is 2. The molecule has 0 aliphatic carbocycles. The van der Waals surface area contributed by atoms with Crippen LogP contribution in [-0.4, -0.2) is 24.5 Å². The van der Waals surface area contributed by atoms with Crippen LogP contribution in [0.25, 0.3) is 0 Å². The quantitative estimate of drug-likeness (QED) is 0.567. The van der Waals surface area contributed by atoms with E-state index in [9.17, 15) is 4.79 Å². The third kappa shape index (κ3) is 2.93. The molecular weight excluding hydrogens is 201 g/mol. The van der Waals surface area contributed by atoms with E-state index in [2.05, 4.69) is 5.32 Å². The summed E-state index contributed by atoms with van der Waals surface area (Å²) in [4.78, 5) is 10.3. The summed E-state index contributed by atoms with van der Waals surface area (Å²) in [6.07, 6.45) is 9.92. The summed E-state index contributed by atoms with van der Waals surface area (Å²) >= 11 is 0. The van der Waals surface area contributed by atoms with Gasteiger partial charge in [0.2, 0.25) is 0 Å². The number of rotatable bonds is 4. The normalized spacial score (nSPS) is 28.9. The van der Waals surface area contributed by atoms with Gasteiger partial charge in [-0.1, -0.05) is 56.5 Å². The zero-order chi connectivity index (χ0) is 11.4. The molecule has 0 radical (unpaired) electrons. The number of hydrogen-bond acceptors (Lipinski definition) is 1. The second-order valence-corrected chi connectivity index (χ2v) is 5.42. The highest BCUT2D eigenvalue weighted by atomic mass is 16.4. The van der Waals surface area contributed by atoms with E-state index in [-0.39, 0.29) is 0 Å². The lowest BCUT2D eigenvalue weighted by molar-refractivity contribution is 0.194. The van der Waals surface area contributed by atoms with E-state index in [1.807, 2.05) is 0 Å². The predicted molar refractivity (Wildman–Crippen MR) is 66.4 cm³/mol. The Morgan fingerprint density at radius 1 is 1.19 bits per heavy atom. The van der Waals surface area contributed by atoms with E-state index in [0.29, 0.717) is 6.54 Å². The Kier molecular flexibility index (Phi) is 4.13. The van der Waals surface area contributed by atoms with Crippen LogP contribution in [-0.2, 0) is 0 Å². The van der Waals surface area contributed by atoms with Gasteiger partial charge in [-0.2, -0.15) is 0 Å². The minimum absolute atomic E-state index is 0.630. The van der Waals surface area contributed by atoms with E-state index < -0.39 is 6.09 Å². The second kappa shape index (κ2) is 5.60. The van der Waals surface area contributed by atoms with E-state index in [1.54, 1.807) is 0 Å². The number of carbonyl (C=O) groups is 1. The Morgan fingerprint density at radius 3 is 2.25 bits per heavy atom. The van der Waals surface area contributed by atoms with Crippen LogP contribution in [0.5, 0.6) is 0 Å². The average molecular weight is 223 g/mol. The van der Waals surface area contributed by atoms with Gasteiger partial charge in [0.05, 0.1) is 0 Å². The molecule has 16 heavy (non-hydrogen) atoms. The van der Waals surface area contributed by atoms with Crippen LogP contribution in [0.2, 0.25) is 18.0 Å². The Labute approximate surface area is 98.1 Å². The smallest absolute Gasteiger partial charge is 0.404 e. The molecule has 2 rings (SSSR count). The van der Waals surface area contributed by atoms with Gasteiger partial charge < -0.3 is 10.4 Å². The van der Waals surface area contributed by atoms with E-state index in [1.165, 1.54) is 44.8 Å². The van der Waals surface area contributed by atoms with Gasteiger partial charge in [-0.15, -0.1) is 0 Å². The fraction of sp³-hybridized carbons (Fsp3) is 0.917. The molecule has 2 heterocycles. The Balaban J connectivity index is 1.73. The fourth-order valence-electron chi connectivity index (χ4n) is 3.82. The lowest BCUT2D eigenvalue weighted by Crippen LogP contribution is -2.35. The Hall–Kier alpha value is -0.665. The lowest BCUT2D eigenvalue weighted by atomic mass is 9.26. The highest BCUT2D eigenvalue weighted by Gasteiger charge is 2.38. The van der Waals surface area contributed by atoms with Crippen molar-refractivity contribution in [1.82, 2.24) is 5.32 Å². The first-order valence-electron chi connectivity index (χ1n) is 6.74. The minimum atomic E-state index is -0.885. The van der Waals surface area contributed by atoms with Gasteiger partial charge in [-0.3, -0.25) is 0 Å². The van der Waals surface area contributed by atoms with E-state index in [0.717, 1.165) is 24.8 Å². The van der Waals surface area contributed by atoms with Gasteiger partial charge in [0.15, 0.2) is 0 Å². The number of nitrogens with one attached hydrogen (secondary N) is 1. The maximum absolute atomic E-state index is 10.3. The van der Waals surface area contributed by atoms with Crippen molar-refractivity contribution in [2.75, 3.05) is 6.54 Å². The van der Waals surface area contributed by atoms with Gasteiger partial charge >= 0.3 is 6.09 Å². The molecule has 0 atom stereocenters. The van der Waals surface area contributed by atoms with Gasteiger partial charge in [-0.05, 0) is 6.42 Å². The molecule has 2 aliphatic heterocycles. The molecular formula is C12H22BNO2. The highest BCUT2D eigenvalue weighted by molar-refractivity contribution is 6.62. The Bertz CT molecular complexity index is 225. The zero-order valence-electron chi connectivity index (χ0n) is 9.95. The molecule has 2 aliphatic rings. The molecule has 2 bridgehead atoms. The van der Waals surface area contributed by atoms with Gasteiger partial charge in [0, 0.05) is 6.54 Å². The number of fused-ring (bicyclic) bond motifs is 2. The molecule has 0 saturated carbocycles. The summed E-state index contributed by atoms with van der Waals surface area (Å²) in [5.74, 6) is 1.91. The maximum atomic E-state index is 10.3. The van der Waals surface area contributed by atoms with Crippen LogP contribution in [0.1, 0.15) is 44.9 Å². The third-order valence-corrected chi connectivity index (χ3v) is 4.50. The van der Waals surface area contributed by atoms with Crippen LogP contribution < -0.4 is 5.32 Å². The van der Waals surface area contributed by atoms with Gasteiger partial charge in [-0.25, -0.2) is 4.79 Å². The number of amides is 1. The third-order valence-electron chi connectivity index (χ3n) is 4.50. The maximum Gasteiger partial charge on any atom is 0.404 e. The van der Waals surface area contributed by atoms with Crippen molar-refractivity contribution in [1.29, 1.82) is 0 Å². The van der Waals surface area contributed by atoms with Crippen LogP contribution in [0.15, 0.2) is 0 Å². The second-order valence-electron chi connectivity index (χ2n) is 5.42. The molecule has 0 aromatic rings. The average Bonchev–Trinajstić information content (AvgIpc) is 2.23. The fourth-order valence-corrected chi connectivity index (χ4v) is 3.82. The molecule has 2 saturated heterocycles. The summed E-state index contributed by atoms with van der Waals surface area (Å²) in [5, 5.41) is 11.0. The summed E-state index contributed by atoms with van der Waals surface area (Å²) in [5.41, 5.74) is 0. The summed E-state index contributed by atoms with van der Waals surface area (Å²) in [6, 6.07) is 0. The SMILES string of the molecule is O=C(O)NCCCB1C2CCCC1CCC2. The van der Waals surface area contributed by atoms with Crippen molar-refractivity contribution in [2.24, 2.45) is 0 Å². The lowest BCUT2D eigenvalue weighted by Gasteiger charge is -2.40. The van der Waals surface area contributed by atoms with Gasteiger partial charge in [0.1, 0.15) is 6.71 Å². The molecule has 1 amide bonds. The van der Waals surface area contributed by atoms with Crippen molar-refractivity contribution >= 4 is 12.8 Å². The topological polar surface area (TPSA) is 49.3 Å². The molecule has 2 fully saturated rings. The van der Waals surface area contributed by atoms with Crippen LogP contribution in [0.3, 0.4) is 0 Å². The molecule has 0 spiro atoms.